The number of carbonyl (C=O) groups excluding carboxylic acids is 2. The molecule has 2 amide bonds. The molecular formula is C29H34FN3O4S. The van der Waals surface area contributed by atoms with Gasteiger partial charge in [0.15, 0.2) is 0 Å². The first-order valence-corrected chi connectivity index (χ1v) is 14.0. The van der Waals surface area contributed by atoms with Crippen molar-refractivity contribution in [3.8, 4) is 0 Å². The maximum atomic E-state index is 13.8. The average Bonchev–Trinajstić information content (AvgIpc) is 2.91. The molecule has 0 bridgehead atoms. The Morgan fingerprint density at radius 1 is 0.895 bits per heavy atom. The number of nitrogens with zero attached hydrogens (tertiary/aromatic N) is 2. The van der Waals surface area contributed by atoms with E-state index in [2.05, 4.69) is 5.32 Å². The lowest BCUT2D eigenvalue weighted by molar-refractivity contribution is -0.139. The third-order valence-corrected chi connectivity index (χ3v) is 8.03. The molecule has 0 aromatic heterocycles. The Bertz CT molecular complexity index is 1330. The molecule has 0 spiro atoms. The highest BCUT2D eigenvalue weighted by atomic mass is 32.2. The van der Waals surface area contributed by atoms with Crippen LogP contribution in [0.25, 0.3) is 0 Å². The Morgan fingerprint density at radius 2 is 1.50 bits per heavy atom. The maximum Gasteiger partial charge on any atom is 0.264 e. The summed E-state index contributed by atoms with van der Waals surface area (Å²) in [5.41, 5.74) is 1.97. The van der Waals surface area contributed by atoms with E-state index in [0.29, 0.717) is 17.8 Å². The van der Waals surface area contributed by atoms with Crippen molar-refractivity contribution in [1.82, 2.24) is 10.2 Å². The van der Waals surface area contributed by atoms with Crippen molar-refractivity contribution in [3.05, 3.63) is 95.8 Å². The van der Waals surface area contributed by atoms with Crippen LogP contribution in [0.3, 0.4) is 0 Å². The number of hydrogen-bond donors (Lipinski definition) is 1. The Balaban J connectivity index is 2.02. The van der Waals surface area contributed by atoms with E-state index in [9.17, 15) is 22.4 Å². The second kappa shape index (κ2) is 12.7. The maximum absolute atomic E-state index is 13.8. The van der Waals surface area contributed by atoms with Gasteiger partial charge >= 0.3 is 0 Å². The van der Waals surface area contributed by atoms with Crippen molar-refractivity contribution in [2.24, 2.45) is 0 Å². The van der Waals surface area contributed by atoms with Gasteiger partial charge < -0.3 is 10.2 Å². The Hall–Kier alpha value is -3.72. The normalized spacial score (nSPS) is 12.2. The van der Waals surface area contributed by atoms with Crippen LogP contribution in [0.5, 0.6) is 0 Å². The molecule has 3 aromatic carbocycles. The topological polar surface area (TPSA) is 86.8 Å². The highest BCUT2D eigenvalue weighted by Gasteiger charge is 2.32. The molecule has 3 rings (SSSR count). The number of amides is 2. The predicted molar refractivity (Wildman–Crippen MR) is 147 cm³/mol. The van der Waals surface area contributed by atoms with Crippen LogP contribution in [-0.4, -0.2) is 44.3 Å². The number of hydrogen-bond acceptors (Lipinski definition) is 4. The second-order valence-corrected chi connectivity index (χ2v) is 11.2. The number of anilines is 1. The lowest BCUT2D eigenvalue weighted by Crippen LogP contribution is -2.51. The number of carbonyl (C=O) groups is 2. The Kier molecular flexibility index (Phi) is 9.63. The molecule has 0 aliphatic rings. The van der Waals surface area contributed by atoms with Gasteiger partial charge in [-0.3, -0.25) is 13.9 Å². The van der Waals surface area contributed by atoms with Gasteiger partial charge in [-0.1, -0.05) is 56.3 Å². The summed E-state index contributed by atoms with van der Waals surface area (Å²) in [7, 11) is -4.11. The van der Waals surface area contributed by atoms with E-state index in [1.807, 2.05) is 26.0 Å². The lowest BCUT2D eigenvalue weighted by atomic mass is 10.0. The van der Waals surface area contributed by atoms with Crippen molar-refractivity contribution in [2.45, 2.75) is 51.1 Å². The standard InChI is InChI=1S/C29H34FN3O4S/c1-5-31-29(35)22(4)32(19-23-11-15-25(30)16-12-23)28(34)20-33(26-17-13-24(14-18-26)21(2)3)38(36,37)27-9-7-6-8-10-27/h6-18,21-22H,5,19-20H2,1-4H3,(H,31,35)/t22-/m0/s1. The Morgan fingerprint density at radius 3 is 2.05 bits per heavy atom. The minimum Gasteiger partial charge on any atom is -0.355 e. The Labute approximate surface area is 224 Å². The fourth-order valence-corrected chi connectivity index (χ4v) is 5.40. The van der Waals surface area contributed by atoms with Crippen LogP contribution in [0.2, 0.25) is 0 Å². The van der Waals surface area contributed by atoms with E-state index < -0.39 is 34.3 Å². The van der Waals surface area contributed by atoms with Crippen LogP contribution in [0, 0.1) is 5.82 Å². The average molecular weight is 540 g/mol. The van der Waals surface area contributed by atoms with Gasteiger partial charge in [0.05, 0.1) is 10.6 Å². The van der Waals surface area contributed by atoms with E-state index >= 15 is 0 Å². The van der Waals surface area contributed by atoms with Gasteiger partial charge in [0, 0.05) is 13.1 Å². The van der Waals surface area contributed by atoms with E-state index in [1.54, 1.807) is 44.2 Å². The summed E-state index contributed by atoms with van der Waals surface area (Å²) in [4.78, 5) is 27.8. The molecule has 38 heavy (non-hydrogen) atoms. The first-order chi connectivity index (χ1) is 18.0. The van der Waals surface area contributed by atoms with Crippen LogP contribution in [0.1, 0.15) is 44.7 Å². The quantitative estimate of drug-likeness (QED) is 0.383. The summed E-state index contributed by atoms with van der Waals surface area (Å²) in [5.74, 6) is -1.12. The highest BCUT2D eigenvalue weighted by molar-refractivity contribution is 7.92. The molecule has 0 aliphatic heterocycles. The predicted octanol–water partition coefficient (Wildman–Crippen LogP) is 4.70. The van der Waals surface area contributed by atoms with Crippen molar-refractivity contribution in [1.29, 1.82) is 0 Å². The number of nitrogens with one attached hydrogen (secondary N) is 1. The summed E-state index contributed by atoms with van der Waals surface area (Å²) in [6.07, 6.45) is 0. The smallest absolute Gasteiger partial charge is 0.264 e. The van der Waals surface area contributed by atoms with E-state index in [0.717, 1.165) is 9.87 Å². The zero-order valence-corrected chi connectivity index (χ0v) is 22.9. The van der Waals surface area contributed by atoms with Crippen LogP contribution in [-0.2, 0) is 26.2 Å². The summed E-state index contributed by atoms with van der Waals surface area (Å²) < 4.78 is 42.0. The number of likely N-dealkylation sites (N-methyl/N-ethyl adjacent to an activating group) is 1. The van der Waals surface area contributed by atoms with Gasteiger partial charge in [0.25, 0.3) is 10.0 Å². The van der Waals surface area contributed by atoms with Crippen molar-refractivity contribution in [2.75, 3.05) is 17.4 Å². The molecule has 9 heteroatoms. The number of halogens is 1. The van der Waals surface area contributed by atoms with Gasteiger partial charge in [-0.25, -0.2) is 12.8 Å². The zero-order valence-electron chi connectivity index (χ0n) is 22.1. The summed E-state index contributed by atoms with van der Waals surface area (Å²) >= 11 is 0. The minimum atomic E-state index is -4.11. The van der Waals surface area contributed by atoms with Crippen LogP contribution in [0.15, 0.2) is 83.8 Å². The number of rotatable bonds is 11. The van der Waals surface area contributed by atoms with Crippen molar-refractivity contribution >= 4 is 27.5 Å². The molecule has 0 saturated heterocycles. The van der Waals surface area contributed by atoms with Crippen LogP contribution >= 0.6 is 0 Å². The summed E-state index contributed by atoms with van der Waals surface area (Å²) in [5, 5.41) is 2.71. The highest BCUT2D eigenvalue weighted by Crippen LogP contribution is 2.26. The summed E-state index contributed by atoms with van der Waals surface area (Å²) in [6, 6.07) is 19.7. The van der Waals surface area contributed by atoms with E-state index in [4.69, 9.17) is 0 Å². The van der Waals surface area contributed by atoms with Gasteiger partial charge in [-0.05, 0) is 67.3 Å². The summed E-state index contributed by atoms with van der Waals surface area (Å²) in [6.45, 7) is 7.27. The molecule has 1 N–H and O–H groups in total. The SMILES string of the molecule is CCNC(=O)[C@H](C)N(Cc1ccc(F)cc1)C(=O)CN(c1ccc(C(C)C)cc1)S(=O)(=O)c1ccccc1. The van der Waals surface area contributed by atoms with Crippen molar-refractivity contribution < 1.29 is 22.4 Å². The first kappa shape index (κ1) is 28.8. The molecule has 7 nitrogen and oxygen atoms in total. The molecule has 0 radical (unpaired) electrons. The van der Waals surface area contributed by atoms with Gasteiger partial charge in [0.1, 0.15) is 18.4 Å². The monoisotopic (exact) mass is 539 g/mol. The molecule has 0 aliphatic carbocycles. The number of benzene rings is 3. The van der Waals surface area contributed by atoms with E-state index in [1.165, 1.54) is 41.3 Å². The molecule has 0 heterocycles. The van der Waals surface area contributed by atoms with E-state index in [-0.39, 0.29) is 23.3 Å². The molecule has 3 aromatic rings. The van der Waals surface area contributed by atoms with Crippen LogP contribution in [0.4, 0.5) is 10.1 Å². The van der Waals surface area contributed by atoms with Gasteiger partial charge in [0.2, 0.25) is 11.8 Å². The fraction of sp³-hybridized carbons (Fsp3) is 0.310. The van der Waals surface area contributed by atoms with Crippen molar-refractivity contribution in [3.63, 3.8) is 0 Å². The lowest BCUT2D eigenvalue weighted by Gasteiger charge is -2.32. The third-order valence-electron chi connectivity index (χ3n) is 6.24. The van der Waals surface area contributed by atoms with Gasteiger partial charge in [-0.15, -0.1) is 0 Å². The molecule has 0 saturated carbocycles. The number of sulfonamides is 1. The largest absolute Gasteiger partial charge is 0.355 e. The molecular weight excluding hydrogens is 505 g/mol. The zero-order chi connectivity index (χ0) is 27.9. The fourth-order valence-electron chi connectivity index (χ4n) is 3.96. The first-order valence-electron chi connectivity index (χ1n) is 12.5. The van der Waals surface area contributed by atoms with Gasteiger partial charge in [-0.2, -0.15) is 0 Å². The molecule has 0 fully saturated rings. The van der Waals surface area contributed by atoms with Crippen LogP contribution < -0.4 is 9.62 Å². The minimum absolute atomic E-state index is 0.00290. The molecule has 202 valence electrons. The second-order valence-electron chi connectivity index (χ2n) is 9.29. The third kappa shape index (κ3) is 6.98. The molecule has 0 unspecified atom stereocenters. The molecule has 1 atom stereocenters.